The standard InChI is InChI=1S/C10H9NO/c1-11-7-8-2-3-10-9(6-8)4-5-12-10/h2-3,6H,4-5,7H2. The van der Waals surface area contributed by atoms with Crippen molar-refractivity contribution in [2.45, 2.75) is 13.0 Å². The third-order valence-corrected chi connectivity index (χ3v) is 2.02. The quantitative estimate of drug-likeness (QED) is 0.572. The fourth-order valence-electron chi connectivity index (χ4n) is 1.43. The van der Waals surface area contributed by atoms with Gasteiger partial charge in [0, 0.05) is 12.0 Å². The molecule has 1 aliphatic heterocycles. The SMILES string of the molecule is [C-]#[N+]Cc1ccc2c(c1)CCO2. The molecule has 0 spiro atoms. The van der Waals surface area contributed by atoms with Gasteiger partial charge in [-0.25, -0.2) is 6.57 Å². The van der Waals surface area contributed by atoms with Crippen LogP contribution in [0.25, 0.3) is 4.85 Å². The second-order valence-corrected chi connectivity index (χ2v) is 2.86. The number of rotatable bonds is 1. The van der Waals surface area contributed by atoms with E-state index < -0.39 is 0 Å². The Bertz CT molecular complexity index is 338. The molecule has 0 aromatic heterocycles. The Balaban J connectivity index is 2.34. The van der Waals surface area contributed by atoms with E-state index in [2.05, 4.69) is 10.9 Å². The van der Waals surface area contributed by atoms with E-state index in [9.17, 15) is 0 Å². The molecule has 0 N–H and O–H groups in total. The summed E-state index contributed by atoms with van der Waals surface area (Å²) in [7, 11) is 0. The predicted octanol–water partition coefficient (Wildman–Crippen LogP) is 2.04. The van der Waals surface area contributed by atoms with Gasteiger partial charge >= 0.3 is 0 Å². The summed E-state index contributed by atoms with van der Waals surface area (Å²) in [5, 5.41) is 0. The smallest absolute Gasteiger partial charge is 0.239 e. The van der Waals surface area contributed by atoms with Crippen LogP contribution in [-0.2, 0) is 13.0 Å². The van der Waals surface area contributed by atoms with E-state index in [4.69, 9.17) is 11.3 Å². The van der Waals surface area contributed by atoms with Crippen LogP contribution in [0.2, 0.25) is 0 Å². The molecule has 1 aromatic carbocycles. The summed E-state index contributed by atoms with van der Waals surface area (Å²) in [5.74, 6) is 0.990. The van der Waals surface area contributed by atoms with Gasteiger partial charge < -0.3 is 9.58 Å². The molecule has 1 aliphatic rings. The summed E-state index contributed by atoms with van der Waals surface area (Å²) in [4.78, 5) is 3.34. The minimum atomic E-state index is 0.479. The lowest BCUT2D eigenvalue weighted by Crippen LogP contribution is -1.85. The van der Waals surface area contributed by atoms with E-state index in [0.29, 0.717) is 6.54 Å². The molecule has 0 bridgehead atoms. The fourth-order valence-corrected chi connectivity index (χ4v) is 1.43. The fraction of sp³-hybridized carbons (Fsp3) is 0.300. The molecule has 0 saturated carbocycles. The van der Waals surface area contributed by atoms with Crippen molar-refractivity contribution in [2.75, 3.05) is 6.61 Å². The average molecular weight is 159 g/mol. The van der Waals surface area contributed by atoms with Crippen LogP contribution in [0.1, 0.15) is 11.1 Å². The van der Waals surface area contributed by atoms with E-state index >= 15 is 0 Å². The normalized spacial score (nSPS) is 13.2. The monoisotopic (exact) mass is 159 g/mol. The lowest BCUT2D eigenvalue weighted by atomic mass is 10.1. The molecule has 2 rings (SSSR count). The van der Waals surface area contributed by atoms with Crippen molar-refractivity contribution in [2.24, 2.45) is 0 Å². The van der Waals surface area contributed by atoms with Gasteiger partial charge in [0.1, 0.15) is 5.75 Å². The summed E-state index contributed by atoms with van der Waals surface area (Å²) in [6.07, 6.45) is 0.987. The first kappa shape index (κ1) is 7.17. The van der Waals surface area contributed by atoms with Gasteiger partial charge in [-0.1, -0.05) is 0 Å². The lowest BCUT2D eigenvalue weighted by Gasteiger charge is -1.98. The average Bonchev–Trinajstić information content (AvgIpc) is 2.51. The second kappa shape index (κ2) is 2.86. The first-order chi connectivity index (χ1) is 5.90. The molecule has 0 fully saturated rings. The predicted molar refractivity (Wildman–Crippen MR) is 45.9 cm³/mol. The zero-order chi connectivity index (χ0) is 8.39. The Morgan fingerprint density at radius 1 is 1.50 bits per heavy atom. The zero-order valence-corrected chi connectivity index (χ0v) is 6.71. The van der Waals surface area contributed by atoms with E-state index in [1.54, 1.807) is 0 Å². The summed E-state index contributed by atoms with van der Waals surface area (Å²) in [5.41, 5.74) is 2.34. The lowest BCUT2D eigenvalue weighted by molar-refractivity contribution is 0.357. The minimum Gasteiger partial charge on any atom is -0.493 e. The molecule has 0 aliphatic carbocycles. The van der Waals surface area contributed by atoms with Gasteiger partial charge in [-0.2, -0.15) is 0 Å². The Hall–Kier alpha value is -1.49. The third kappa shape index (κ3) is 1.14. The van der Waals surface area contributed by atoms with Crippen LogP contribution >= 0.6 is 0 Å². The molecule has 0 unspecified atom stereocenters. The molecule has 0 saturated heterocycles. The Labute approximate surface area is 71.6 Å². The van der Waals surface area contributed by atoms with Crippen LogP contribution in [0.5, 0.6) is 5.75 Å². The molecule has 2 heteroatoms. The van der Waals surface area contributed by atoms with Crippen LogP contribution < -0.4 is 4.74 Å². The van der Waals surface area contributed by atoms with Gasteiger partial charge in [0.25, 0.3) is 0 Å². The maximum Gasteiger partial charge on any atom is 0.239 e. The molecule has 60 valence electrons. The maximum absolute atomic E-state index is 6.73. The number of fused-ring (bicyclic) bond motifs is 1. The van der Waals surface area contributed by atoms with Crippen LogP contribution in [0.15, 0.2) is 18.2 Å². The van der Waals surface area contributed by atoms with E-state index in [0.717, 1.165) is 24.3 Å². The van der Waals surface area contributed by atoms with Gasteiger partial charge in [-0.3, -0.25) is 0 Å². The third-order valence-electron chi connectivity index (χ3n) is 2.02. The molecule has 2 nitrogen and oxygen atoms in total. The highest BCUT2D eigenvalue weighted by Gasteiger charge is 2.12. The molecule has 12 heavy (non-hydrogen) atoms. The highest BCUT2D eigenvalue weighted by molar-refractivity contribution is 5.40. The van der Waals surface area contributed by atoms with Gasteiger partial charge in [0.2, 0.25) is 6.54 Å². The van der Waals surface area contributed by atoms with Gasteiger partial charge in [-0.15, -0.1) is 0 Å². The van der Waals surface area contributed by atoms with Crippen molar-refractivity contribution in [3.8, 4) is 5.75 Å². The van der Waals surface area contributed by atoms with Crippen molar-refractivity contribution < 1.29 is 4.74 Å². The molecule has 1 aromatic rings. The molecule has 0 amide bonds. The van der Waals surface area contributed by atoms with Crippen LogP contribution in [0.4, 0.5) is 0 Å². The number of nitrogens with zero attached hydrogens (tertiary/aromatic N) is 1. The largest absolute Gasteiger partial charge is 0.493 e. The van der Waals surface area contributed by atoms with E-state index in [1.807, 2.05) is 12.1 Å². The van der Waals surface area contributed by atoms with Crippen LogP contribution in [-0.4, -0.2) is 6.61 Å². The van der Waals surface area contributed by atoms with Crippen molar-refractivity contribution in [3.05, 3.63) is 40.7 Å². The van der Waals surface area contributed by atoms with Crippen LogP contribution in [0.3, 0.4) is 0 Å². The topological polar surface area (TPSA) is 13.6 Å². The van der Waals surface area contributed by atoms with Gasteiger partial charge in [-0.05, 0) is 23.8 Å². The maximum atomic E-state index is 6.73. The highest BCUT2D eigenvalue weighted by Crippen LogP contribution is 2.25. The highest BCUT2D eigenvalue weighted by atomic mass is 16.5. The van der Waals surface area contributed by atoms with E-state index in [1.165, 1.54) is 5.56 Å². The minimum absolute atomic E-state index is 0.479. The van der Waals surface area contributed by atoms with Gasteiger partial charge in [0.15, 0.2) is 0 Å². The van der Waals surface area contributed by atoms with Crippen molar-refractivity contribution in [1.82, 2.24) is 0 Å². The Morgan fingerprint density at radius 2 is 2.42 bits per heavy atom. The summed E-state index contributed by atoms with van der Waals surface area (Å²) < 4.78 is 5.35. The first-order valence-electron chi connectivity index (χ1n) is 3.98. The molecule has 0 atom stereocenters. The second-order valence-electron chi connectivity index (χ2n) is 2.86. The Kier molecular flexibility index (Phi) is 1.71. The number of hydrogen-bond acceptors (Lipinski definition) is 1. The summed E-state index contributed by atoms with van der Waals surface area (Å²) in [6, 6.07) is 5.99. The van der Waals surface area contributed by atoms with Crippen molar-refractivity contribution in [3.63, 3.8) is 0 Å². The van der Waals surface area contributed by atoms with Crippen LogP contribution in [0, 0.1) is 6.57 Å². The molecular weight excluding hydrogens is 150 g/mol. The molecule has 1 heterocycles. The molecular formula is C10H9NO. The summed E-state index contributed by atoms with van der Waals surface area (Å²) in [6.45, 7) is 8.00. The summed E-state index contributed by atoms with van der Waals surface area (Å²) >= 11 is 0. The zero-order valence-electron chi connectivity index (χ0n) is 6.71. The van der Waals surface area contributed by atoms with E-state index in [-0.39, 0.29) is 0 Å². The van der Waals surface area contributed by atoms with Gasteiger partial charge in [0.05, 0.1) is 6.61 Å². The number of hydrogen-bond donors (Lipinski definition) is 0. The Morgan fingerprint density at radius 3 is 3.25 bits per heavy atom. The number of benzene rings is 1. The number of ether oxygens (including phenoxy) is 1. The van der Waals surface area contributed by atoms with Crippen molar-refractivity contribution >= 4 is 0 Å². The van der Waals surface area contributed by atoms with Crippen molar-refractivity contribution in [1.29, 1.82) is 0 Å². The first-order valence-corrected chi connectivity index (χ1v) is 3.98. The molecule has 0 radical (unpaired) electrons.